The molecule has 3 saturated heterocycles. The van der Waals surface area contributed by atoms with Crippen LogP contribution in [0.15, 0.2) is 12.7 Å². The number of fused-ring (bicyclic) bond motifs is 1. The van der Waals surface area contributed by atoms with E-state index in [0.29, 0.717) is 25.9 Å². The monoisotopic (exact) mass is 486 g/mol. The Hall–Kier alpha value is -1.45. The number of ether oxygens (including phenoxy) is 1. The Kier molecular flexibility index (Phi) is 6.94. The van der Waals surface area contributed by atoms with E-state index in [9.17, 15) is 24.6 Å². The predicted octanol–water partition coefficient (Wildman–Crippen LogP) is 1.40. The van der Waals surface area contributed by atoms with Gasteiger partial charge in [-0.05, 0) is 19.3 Å². The van der Waals surface area contributed by atoms with Gasteiger partial charge in [0.2, 0.25) is 11.8 Å². The first-order chi connectivity index (χ1) is 14.3. The lowest BCUT2D eigenvalue weighted by Gasteiger charge is -2.39. The molecule has 3 fully saturated rings. The molecule has 0 radical (unpaired) electrons. The van der Waals surface area contributed by atoms with Crippen molar-refractivity contribution in [3.8, 4) is 0 Å². The molecule has 0 saturated carbocycles. The van der Waals surface area contributed by atoms with Crippen molar-refractivity contribution in [2.24, 2.45) is 11.8 Å². The number of rotatable bonds is 10. The van der Waals surface area contributed by atoms with Gasteiger partial charge in [0.1, 0.15) is 11.6 Å². The SMILES string of the molecule is C=CCN(CCCC)C(=O)C1N([C@@H](CC)CO)C(=O)[C@@H]2[C@H](C(=O)O)[C@H]3OC12CC3Br. The summed E-state index contributed by atoms with van der Waals surface area (Å²) in [6, 6.07) is -1.53. The van der Waals surface area contributed by atoms with Crippen molar-refractivity contribution < 1.29 is 29.3 Å². The summed E-state index contributed by atoms with van der Waals surface area (Å²) in [6.07, 6.45) is 3.52. The summed E-state index contributed by atoms with van der Waals surface area (Å²) in [5.74, 6) is -3.71. The van der Waals surface area contributed by atoms with Crippen LogP contribution in [0, 0.1) is 11.8 Å². The summed E-state index contributed by atoms with van der Waals surface area (Å²) in [5, 5.41) is 19.8. The molecule has 3 rings (SSSR count). The van der Waals surface area contributed by atoms with Crippen LogP contribution < -0.4 is 0 Å². The number of hydrogen-bond donors (Lipinski definition) is 2. The number of aliphatic hydroxyl groups excluding tert-OH is 1. The van der Waals surface area contributed by atoms with Crippen LogP contribution in [0.1, 0.15) is 39.5 Å². The second kappa shape index (κ2) is 8.96. The number of hydrogen-bond acceptors (Lipinski definition) is 5. The first-order valence-corrected chi connectivity index (χ1v) is 11.6. The Morgan fingerprint density at radius 3 is 2.70 bits per heavy atom. The molecular formula is C21H31BrN2O6. The number of aliphatic carboxylic acids is 1. The van der Waals surface area contributed by atoms with Gasteiger partial charge >= 0.3 is 5.97 Å². The van der Waals surface area contributed by atoms with Gasteiger partial charge in [-0.1, -0.05) is 42.3 Å². The lowest BCUT2D eigenvalue weighted by atomic mass is 9.70. The number of amides is 2. The van der Waals surface area contributed by atoms with Gasteiger partial charge in [0.15, 0.2) is 0 Å². The lowest BCUT2D eigenvalue weighted by Crippen LogP contribution is -2.59. The van der Waals surface area contributed by atoms with Gasteiger partial charge in [0, 0.05) is 17.9 Å². The average Bonchev–Trinajstić information content (AvgIpc) is 3.30. The molecule has 8 nitrogen and oxygen atoms in total. The molecule has 2 N–H and O–H groups in total. The quantitative estimate of drug-likeness (QED) is 0.357. The van der Waals surface area contributed by atoms with E-state index in [2.05, 4.69) is 22.5 Å². The Labute approximate surface area is 185 Å². The molecule has 0 aromatic carbocycles. The second-order valence-electron chi connectivity index (χ2n) is 8.42. The fourth-order valence-electron chi connectivity index (χ4n) is 5.41. The van der Waals surface area contributed by atoms with Crippen molar-refractivity contribution in [2.75, 3.05) is 19.7 Å². The van der Waals surface area contributed by atoms with Crippen LogP contribution in [0.3, 0.4) is 0 Å². The van der Waals surface area contributed by atoms with Crippen molar-refractivity contribution in [1.82, 2.24) is 9.80 Å². The smallest absolute Gasteiger partial charge is 0.310 e. The maximum Gasteiger partial charge on any atom is 0.310 e. The molecule has 30 heavy (non-hydrogen) atoms. The molecule has 0 aliphatic carbocycles. The number of nitrogens with zero attached hydrogens (tertiary/aromatic N) is 2. The topological polar surface area (TPSA) is 107 Å². The number of aliphatic hydroxyl groups is 1. The molecule has 3 aliphatic heterocycles. The van der Waals surface area contributed by atoms with E-state index in [0.717, 1.165) is 12.8 Å². The molecule has 0 aromatic heterocycles. The zero-order chi connectivity index (χ0) is 22.2. The summed E-state index contributed by atoms with van der Waals surface area (Å²) < 4.78 is 6.23. The molecule has 3 heterocycles. The summed E-state index contributed by atoms with van der Waals surface area (Å²) in [6.45, 7) is 8.16. The minimum Gasteiger partial charge on any atom is -0.481 e. The number of carboxylic acids is 1. The average molecular weight is 487 g/mol. The van der Waals surface area contributed by atoms with Crippen LogP contribution in [0.25, 0.3) is 0 Å². The largest absolute Gasteiger partial charge is 0.481 e. The van der Waals surface area contributed by atoms with Crippen molar-refractivity contribution in [2.45, 2.75) is 68.1 Å². The molecular weight excluding hydrogens is 456 g/mol. The number of halogens is 1. The maximum absolute atomic E-state index is 13.8. The van der Waals surface area contributed by atoms with Crippen LogP contribution in [0.4, 0.5) is 0 Å². The van der Waals surface area contributed by atoms with Gasteiger partial charge < -0.3 is 24.7 Å². The Bertz CT molecular complexity index is 714. The number of alkyl halides is 1. The highest BCUT2D eigenvalue weighted by Gasteiger charge is 2.77. The highest BCUT2D eigenvalue weighted by atomic mass is 79.9. The van der Waals surface area contributed by atoms with Crippen LogP contribution in [-0.4, -0.2) is 86.1 Å². The number of likely N-dealkylation sites (tertiary alicyclic amines) is 1. The minimum atomic E-state index is -1.20. The first kappa shape index (κ1) is 23.2. The normalized spacial score (nSPS) is 35.4. The van der Waals surface area contributed by atoms with Crippen LogP contribution in [-0.2, 0) is 19.1 Å². The summed E-state index contributed by atoms with van der Waals surface area (Å²) >= 11 is 3.52. The lowest BCUT2D eigenvalue weighted by molar-refractivity contribution is -0.153. The number of unbranched alkanes of at least 4 members (excludes halogenated alkanes) is 1. The molecule has 9 heteroatoms. The summed E-state index contributed by atoms with van der Waals surface area (Å²) in [4.78, 5) is 42.2. The van der Waals surface area contributed by atoms with E-state index in [-0.39, 0.29) is 17.3 Å². The van der Waals surface area contributed by atoms with Crippen LogP contribution in [0.5, 0.6) is 0 Å². The molecule has 0 aromatic rings. The van der Waals surface area contributed by atoms with E-state index >= 15 is 0 Å². The molecule has 7 atom stereocenters. The predicted molar refractivity (Wildman–Crippen MR) is 113 cm³/mol. The van der Waals surface area contributed by atoms with Gasteiger partial charge in [-0.25, -0.2) is 0 Å². The van der Waals surface area contributed by atoms with Crippen molar-refractivity contribution in [1.29, 1.82) is 0 Å². The van der Waals surface area contributed by atoms with E-state index in [1.165, 1.54) is 4.90 Å². The fourth-order valence-corrected chi connectivity index (χ4v) is 6.35. The van der Waals surface area contributed by atoms with Crippen LogP contribution >= 0.6 is 15.9 Å². The Balaban J connectivity index is 2.09. The molecule has 3 unspecified atom stereocenters. The first-order valence-electron chi connectivity index (χ1n) is 10.7. The van der Waals surface area contributed by atoms with Gasteiger partial charge in [0.05, 0.1) is 30.6 Å². The zero-order valence-electron chi connectivity index (χ0n) is 17.5. The Morgan fingerprint density at radius 1 is 1.47 bits per heavy atom. The van der Waals surface area contributed by atoms with Crippen molar-refractivity contribution in [3.05, 3.63) is 12.7 Å². The number of carbonyl (C=O) groups excluding carboxylic acids is 2. The minimum absolute atomic E-state index is 0.254. The van der Waals surface area contributed by atoms with Gasteiger partial charge in [-0.3, -0.25) is 14.4 Å². The fraction of sp³-hybridized carbons (Fsp3) is 0.762. The number of carbonyl (C=O) groups is 3. The molecule has 2 bridgehead atoms. The third kappa shape index (κ3) is 3.39. The third-order valence-corrected chi connectivity index (χ3v) is 7.61. The Morgan fingerprint density at radius 2 is 2.17 bits per heavy atom. The molecule has 1 spiro atoms. The van der Waals surface area contributed by atoms with E-state index in [1.807, 2.05) is 13.8 Å². The van der Waals surface area contributed by atoms with Crippen molar-refractivity contribution in [3.63, 3.8) is 0 Å². The third-order valence-electron chi connectivity index (χ3n) is 6.76. The van der Waals surface area contributed by atoms with E-state index in [4.69, 9.17) is 4.74 Å². The highest BCUT2D eigenvalue weighted by molar-refractivity contribution is 9.09. The van der Waals surface area contributed by atoms with Gasteiger partial charge in [-0.15, -0.1) is 6.58 Å². The summed E-state index contributed by atoms with van der Waals surface area (Å²) in [7, 11) is 0. The maximum atomic E-state index is 13.8. The molecule has 2 amide bonds. The van der Waals surface area contributed by atoms with Crippen LogP contribution in [0.2, 0.25) is 0 Å². The van der Waals surface area contributed by atoms with Gasteiger partial charge in [0.25, 0.3) is 0 Å². The molecule has 3 aliphatic rings. The standard InChI is InChI=1S/C21H31BrN2O6/c1-4-7-9-23(8-5-2)19(27)17-21-10-13(22)16(30-21)14(20(28)29)15(21)18(26)24(17)12(6-3)11-25/h5,12-17,25H,2,4,6-11H2,1,3H3,(H,28,29)/t12-,13?,14-,15-,16-,17?,21?/m0/s1. The second-order valence-corrected chi connectivity index (χ2v) is 9.59. The van der Waals surface area contributed by atoms with Crippen molar-refractivity contribution >= 4 is 33.7 Å². The highest BCUT2D eigenvalue weighted by Crippen LogP contribution is 2.60. The van der Waals surface area contributed by atoms with E-state index < -0.39 is 47.5 Å². The zero-order valence-corrected chi connectivity index (χ0v) is 19.1. The molecule has 168 valence electrons. The van der Waals surface area contributed by atoms with E-state index in [1.54, 1.807) is 11.0 Å². The van der Waals surface area contributed by atoms with Gasteiger partial charge in [-0.2, -0.15) is 0 Å². The summed E-state index contributed by atoms with van der Waals surface area (Å²) in [5.41, 5.74) is -1.20. The number of carboxylic acid groups (broad SMARTS) is 1.